The van der Waals surface area contributed by atoms with Crippen molar-refractivity contribution in [2.24, 2.45) is 0 Å². The largest absolute Gasteiger partial charge is 0.385 e. The molecule has 0 aromatic carbocycles. The second kappa shape index (κ2) is 5.48. The summed E-state index contributed by atoms with van der Waals surface area (Å²) in [5.74, 6) is 0.860. The van der Waals surface area contributed by atoms with Gasteiger partial charge >= 0.3 is 0 Å². The number of hydrogen-bond donors (Lipinski definition) is 1. The summed E-state index contributed by atoms with van der Waals surface area (Å²) in [7, 11) is 1.70. The third-order valence-corrected chi connectivity index (χ3v) is 1.70. The minimum atomic E-state index is 0.770. The molecule has 0 radical (unpaired) electrons. The van der Waals surface area contributed by atoms with Gasteiger partial charge in [-0.2, -0.15) is 0 Å². The molecule has 1 heterocycles. The number of hydrogen-bond acceptors (Lipinski definition) is 4. The van der Waals surface area contributed by atoms with Crippen LogP contribution in [0, 0.1) is 6.92 Å². The fourth-order valence-corrected chi connectivity index (χ4v) is 1.00. The summed E-state index contributed by atoms with van der Waals surface area (Å²) < 4.78 is 4.93. The molecule has 0 bridgehead atoms. The Bertz CT molecular complexity index is 252. The summed E-state index contributed by atoms with van der Waals surface area (Å²) in [6.07, 6.45) is 4.35. The molecular formula is C9H15N3O. The first-order chi connectivity index (χ1) is 6.34. The molecule has 0 aliphatic rings. The highest BCUT2D eigenvalue weighted by atomic mass is 16.5. The van der Waals surface area contributed by atoms with Crippen molar-refractivity contribution in [2.75, 3.05) is 25.6 Å². The predicted octanol–water partition coefficient (Wildman–Crippen LogP) is 1.23. The van der Waals surface area contributed by atoms with E-state index in [2.05, 4.69) is 15.3 Å². The number of aromatic nitrogens is 2. The summed E-state index contributed by atoms with van der Waals surface area (Å²) in [5.41, 5.74) is 0.930. The van der Waals surface area contributed by atoms with Crippen molar-refractivity contribution in [3.05, 3.63) is 18.1 Å². The van der Waals surface area contributed by atoms with E-state index in [1.807, 2.05) is 6.92 Å². The number of nitrogens with one attached hydrogen (secondary N) is 1. The Morgan fingerprint density at radius 1 is 1.38 bits per heavy atom. The van der Waals surface area contributed by atoms with Crippen LogP contribution in [0.2, 0.25) is 0 Å². The van der Waals surface area contributed by atoms with E-state index in [0.717, 1.165) is 31.1 Å². The minimum absolute atomic E-state index is 0.770. The van der Waals surface area contributed by atoms with E-state index in [4.69, 9.17) is 4.74 Å². The molecule has 1 aromatic rings. The van der Waals surface area contributed by atoms with E-state index in [0.29, 0.717) is 0 Å². The van der Waals surface area contributed by atoms with E-state index in [-0.39, 0.29) is 0 Å². The molecule has 0 unspecified atom stereocenters. The van der Waals surface area contributed by atoms with E-state index >= 15 is 0 Å². The molecule has 0 amide bonds. The molecule has 0 saturated carbocycles. The molecule has 13 heavy (non-hydrogen) atoms. The third kappa shape index (κ3) is 3.38. The maximum absolute atomic E-state index is 4.93. The Morgan fingerprint density at radius 2 is 2.15 bits per heavy atom. The van der Waals surface area contributed by atoms with Gasteiger partial charge in [-0.1, -0.05) is 0 Å². The van der Waals surface area contributed by atoms with E-state index in [1.54, 1.807) is 19.5 Å². The number of methoxy groups -OCH3 is 1. The molecule has 0 atom stereocenters. The Kier molecular flexibility index (Phi) is 4.18. The molecule has 0 saturated heterocycles. The molecule has 1 aromatic heterocycles. The number of ether oxygens (including phenoxy) is 1. The highest BCUT2D eigenvalue weighted by molar-refractivity contribution is 5.37. The van der Waals surface area contributed by atoms with Gasteiger partial charge in [-0.05, 0) is 13.3 Å². The average Bonchev–Trinajstić information content (AvgIpc) is 2.15. The van der Waals surface area contributed by atoms with Crippen LogP contribution in [0.3, 0.4) is 0 Å². The monoisotopic (exact) mass is 181 g/mol. The normalized spacial score (nSPS) is 10.0. The van der Waals surface area contributed by atoms with E-state index in [1.165, 1.54) is 0 Å². The topological polar surface area (TPSA) is 47.0 Å². The Morgan fingerprint density at radius 3 is 2.85 bits per heavy atom. The SMILES string of the molecule is COCCCNc1nccnc1C. The quantitative estimate of drug-likeness (QED) is 0.694. The van der Waals surface area contributed by atoms with Crippen LogP contribution >= 0.6 is 0 Å². The van der Waals surface area contributed by atoms with Crippen LogP contribution in [0.5, 0.6) is 0 Å². The lowest BCUT2D eigenvalue weighted by Crippen LogP contribution is -2.07. The average molecular weight is 181 g/mol. The van der Waals surface area contributed by atoms with Crippen molar-refractivity contribution in [1.82, 2.24) is 9.97 Å². The van der Waals surface area contributed by atoms with Gasteiger partial charge in [0.2, 0.25) is 0 Å². The Labute approximate surface area is 78.4 Å². The van der Waals surface area contributed by atoms with Crippen LogP contribution < -0.4 is 5.32 Å². The van der Waals surface area contributed by atoms with Crippen LogP contribution in [0.4, 0.5) is 5.82 Å². The first-order valence-electron chi connectivity index (χ1n) is 4.35. The Balaban J connectivity index is 2.32. The first kappa shape index (κ1) is 9.92. The lowest BCUT2D eigenvalue weighted by molar-refractivity contribution is 0.197. The third-order valence-electron chi connectivity index (χ3n) is 1.70. The standard InChI is InChI=1S/C9H15N3O/c1-8-9(12-6-5-10-8)11-4-3-7-13-2/h5-6H,3-4,7H2,1-2H3,(H,11,12). The molecule has 0 aliphatic carbocycles. The van der Waals surface area contributed by atoms with Crippen molar-refractivity contribution in [3.63, 3.8) is 0 Å². The molecule has 4 heteroatoms. The maximum atomic E-state index is 4.93. The van der Waals surface area contributed by atoms with Crippen LogP contribution in [-0.4, -0.2) is 30.2 Å². The van der Waals surface area contributed by atoms with Crippen molar-refractivity contribution in [1.29, 1.82) is 0 Å². The van der Waals surface area contributed by atoms with Crippen LogP contribution in [-0.2, 0) is 4.74 Å². The molecule has 72 valence electrons. The molecule has 4 nitrogen and oxygen atoms in total. The van der Waals surface area contributed by atoms with E-state index in [9.17, 15) is 0 Å². The molecular weight excluding hydrogens is 166 g/mol. The van der Waals surface area contributed by atoms with Crippen molar-refractivity contribution >= 4 is 5.82 Å². The lowest BCUT2D eigenvalue weighted by atomic mass is 10.4. The van der Waals surface area contributed by atoms with Gasteiger partial charge in [-0.15, -0.1) is 0 Å². The number of anilines is 1. The van der Waals surface area contributed by atoms with Gasteiger partial charge in [-0.25, -0.2) is 4.98 Å². The maximum Gasteiger partial charge on any atom is 0.147 e. The van der Waals surface area contributed by atoms with Gasteiger partial charge in [0.05, 0.1) is 5.69 Å². The van der Waals surface area contributed by atoms with Crippen molar-refractivity contribution in [2.45, 2.75) is 13.3 Å². The second-order valence-corrected chi connectivity index (χ2v) is 2.76. The van der Waals surface area contributed by atoms with Crippen LogP contribution in [0.15, 0.2) is 12.4 Å². The van der Waals surface area contributed by atoms with E-state index < -0.39 is 0 Å². The fraction of sp³-hybridized carbons (Fsp3) is 0.556. The van der Waals surface area contributed by atoms with Crippen molar-refractivity contribution < 1.29 is 4.74 Å². The summed E-state index contributed by atoms with van der Waals surface area (Å²) in [6, 6.07) is 0. The second-order valence-electron chi connectivity index (χ2n) is 2.76. The van der Waals surface area contributed by atoms with Crippen molar-refractivity contribution in [3.8, 4) is 0 Å². The van der Waals surface area contributed by atoms with Gasteiger partial charge in [0.1, 0.15) is 5.82 Å². The van der Waals surface area contributed by atoms with Gasteiger partial charge in [-0.3, -0.25) is 4.98 Å². The predicted molar refractivity (Wildman–Crippen MR) is 51.8 cm³/mol. The molecule has 1 rings (SSSR count). The number of aryl methyl sites for hydroxylation is 1. The van der Waals surface area contributed by atoms with Crippen LogP contribution in [0.1, 0.15) is 12.1 Å². The number of rotatable bonds is 5. The zero-order chi connectivity index (χ0) is 9.52. The molecule has 1 N–H and O–H groups in total. The van der Waals surface area contributed by atoms with Gasteiger partial charge in [0, 0.05) is 32.7 Å². The fourth-order valence-electron chi connectivity index (χ4n) is 1.00. The highest BCUT2D eigenvalue weighted by Crippen LogP contribution is 2.05. The van der Waals surface area contributed by atoms with Gasteiger partial charge < -0.3 is 10.1 Å². The smallest absolute Gasteiger partial charge is 0.147 e. The minimum Gasteiger partial charge on any atom is -0.385 e. The molecule has 0 spiro atoms. The zero-order valence-corrected chi connectivity index (χ0v) is 8.08. The highest BCUT2D eigenvalue weighted by Gasteiger charge is 1.97. The molecule has 0 fully saturated rings. The summed E-state index contributed by atoms with van der Waals surface area (Å²) >= 11 is 0. The van der Waals surface area contributed by atoms with Gasteiger partial charge in [0.25, 0.3) is 0 Å². The number of nitrogens with zero attached hydrogens (tertiary/aromatic N) is 2. The lowest BCUT2D eigenvalue weighted by Gasteiger charge is -2.06. The summed E-state index contributed by atoms with van der Waals surface area (Å²) in [4.78, 5) is 8.28. The molecule has 0 aliphatic heterocycles. The van der Waals surface area contributed by atoms with Gasteiger partial charge in [0.15, 0.2) is 0 Å². The zero-order valence-electron chi connectivity index (χ0n) is 8.08. The summed E-state index contributed by atoms with van der Waals surface area (Å²) in [5, 5.41) is 3.19. The Hall–Kier alpha value is -1.16. The first-order valence-corrected chi connectivity index (χ1v) is 4.35. The van der Waals surface area contributed by atoms with Crippen LogP contribution in [0.25, 0.3) is 0 Å². The summed E-state index contributed by atoms with van der Waals surface area (Å²) in [6.45, 7) is 3.57.